The maximum absolute atomic E-state index is 10.4. The van der Waals surface area contributed by atoms with E-state index >= 15 is 0 Å². The number of nitrogens with one attached hydrogen (secondary N) is 1. The molecule has 1 N–H and O–H groups in total. The predicted octanol–water partition coefficient (Wildman–Crippen LogP) is -0.0938. The molecule has 0 aromatic heterocycles. The van der Waals surface area contributed by atoms with Crippen molar-refractivity contribution in [2.75, 3.05) is 21.3 Å². The molecule has 0 aliphatic rings. The van der Waals surface area contributed by atoms with Crippen LogP contribution in [-0.2, 0) is 14.3 Å². The lowest BCUT2D eigenvalue weighted by Crippen LogP contribution is -2.18. The topological polar surface area (TPSA) is 69.2 Å². The summed E-state index contributed by atoms with van der Waals surface area (Å²) < 4.78 is 9.03. The summed E-state index contributed by atoms with van der Waals surface area (Å²) in [4.78, 5) is 14.6. The third kappa shape index (κ3) is 4.01. The third-order valence-electron chi connectivity index (χ3n) is 0.756. The second-order valence-electron chi connectivity index (χ2n) is 1.39. The smallest absolute Gasteiger partial charge is 0.433 e. The zero-order valence-corrected chi connectivity index (χ0v) is 6.58. The summed E-state index contributed by atoms with van der Waals surface area (Å²) in [7, 11) is 4.10. The van der Waals surface area contributed by atoms with E-state index in [1.54, 1.807) is 0 Å². The highest BCUT2D eigenvalue weighted by atomic mass is 16.7. The van der Waals surface area contributed by atoms with E-state index in [-0.39, 0.29) is 6.08 Å². The van der Waals surface area contributed by atoms with Crippen molar-refractivity contribution >= 4 is 12.2 Å². The van der Waals surface area contributed by atoms with E-state index in [0.717, 1.165) is 0 Å². The molecule has 0 aromatic rings. The fourth-order valence-corrected chi connectivity index (χ4v) is 0.282. The first-order valence-corrected chi connectivity index (χ1v) is 2.79. The summed E-state index contributed by atoms with van der Waals surface area (Å²) >= 11 is 0. The molecule has 0 radical (unpaired) electrons. The molecule has 0 aliphatic heterocycles. The van der Waals surface area contributed by atoms with E-state index < -0.39 is 6.09 Å². The maximum atomic E-state index is 10.4. The minimum atomic E-state index is -0.684. The lowest BCUT2D eigenvalue weighted by Gasteiger charge is -2.00. The molecule has 0 bridgehead atoms. The Morgan fingerprint density at radius 3 is 2.27 bits per heavy atom. The van der Waals surface area contributed by atoms with E-state index in [1.165, 1.54) is 21.3 Å². The van der Waals surface area contributed by atoms with Crippen LogP contribution in [0.3, 0.4) is 0 Å². The fraction of sp³-hybridized carbons (Fsp3) is 0.600. The van der Waals surface area contributed by atoms with Gasteiger partial charge in [0.2, 0.25) is 0 Å². The second-order valence-corrected chi connectivity index (χ2v) is 1.39. The van der Waals surface area contributed by atoms with Crippen LogP contribution >= 0.6 is 0 Å². The molecule has 11 heavy (non-hydrogen) atoms. The number of carbonyl (C=O) groups is 1. The van der Waals surface area contributed by atoms with E-state index in [4.69, 9.17) is 0 Å². The Hall–Kier alpha value is -1.46. The van der Waals surface area contributed by atoms with Gasteiger partial charge in [-0.15, -0.1) is 0 Å². The summed E-state index contributed by atoms with van der Waals surface area (Å²) in [6.07, 6.45) is -0.801. The van der Waals surface area contributed by atoms with Gasteiger partial charge in [0, 0.05) is 12.2 Å². The molecular formula is C5H10N2O4. The number of ether oxygens (including phenoxy) is 2. The molecule has 0 saturated carbocycles. The van der Waals surface area contributed by atoms with Crippen LogP contribution < -0.4 is 5.32 Å². The van der Waals surface area contributed by atoms with Gasteiger partial charge in [0.25, 0.3) is 0 Å². The number of hydrogen-bond acceptors (Lipinski definition) is 5. The molecule has 0 heterocycles. The largest absolute Gasteiger partial charge is 0.452 e. The molecule has 0 unspecified atom stereocenters. The normalized spacial score (nSPS) is 7.91. The van der Waals surface area contributed by atoms with E-state index in [2.05, 4.69) is 24.8 Å². The Kier molecular flexibility index (Phi) is 4.63. The Bertz CT molecular complexity index is 151. The summed E-state index contributed by atoms with van der Waals surface area (Å²) in [5.74, 6) is 0. The molecule has 0 fully saturated rings. The number of amides is 1. The minimum absolute atomic E-state index is 0.117. The van der Waals surface area contributed by atoms with E-state index in [1.807, 2.05) is 0 Å². The molecule has 0 aromatic carbocycles. The molecule has 0 aliphatic carbocycles. The number of nitrogens with zero attached hydrogens (tertiary/aromatic N) is 1. The van der Waals surface area contributed by atoms with Crippen molar-refractivity contribution in [3.8, 4) is 0 Å². The Morgan fingerprint density at radius 2 is 1.91 bits per heavy atom. The Balaban J connectivity index is 3.78. The average molecular weight is 162 g/mol. The minimum Gasteiger partial charge on any atom is -0.452 e. The van der Waals surface area contributed by atoms with E-state index in [0.29, 0.717) is 0 Å². The number of methoxy groups -OCH3 is 2. The summed E-state index contributed by atoms with van der Waals surface area (Å²) in [6.45, 7) is 0. The number of oxime groups is 1. The molecule has 6 nitrogen and oxygen atoms in total. The second kappa shape index (κ2) is 5.33. The number of rotatable bonds is 1. The highest BCUT2D eigenvalue weighted by Crippen LogP contribution is 1.83. The Labute approximate surface area is 64.1 Å². The highest BCUT2D eigenvalue weighted by Gasteiger charge is 1.99. The summed E-state index contributed by atoms with van der Waals surface area (Å²) in [5.41, 5.74) is 0. The number of hydrogen-bond donors (Lipinski definition) is 1. The molecule has 64 valence electrons. The quantitative estimate of drug-likeness (QED) is 0.253. The van der Waals surface area contributed by atoms with Crippen molar-refractivity contribution in [1.82, 2.24) is 5.32 Å². The summed E-state index contributed by atoms with van der Waals surface area (Å²) in [6, 6.07) is 0. The summed E-state index contributed by atoms with van der Waals surface area (Å²) in [5, 5.41) is 5.38. The van der Waals surface area contributed by atoms with Gasteiger partial charge in [0.05, 0.1) is 14.2 Å². The third-order valence-corrected chi connectivity index (χ3v) is 0.756. The van der Waals surface area contributed by atoms with Crippen LogP contribution in [0.5, 0.6) is 0 Å². The van der Waals surface area contributed by atoms with Crippen molar-refractivity contribution in [2.45, 2.75) is 0 Å². The standard InChI is InChI=1S/C5H10N2O4/c1-6-4(8)11-7-5(9-2)10-3/h1-3H3,(H,6,8). The van der Waals surface area contributed by atoms with Crippen molar-refractivity contribution in [2.24, 2.45) is 5.16 Å². The molecular weight excluding hydrogens is 152 g/mol. The first-order chi connectivity index (χ1) is 5.24. The van der Waals surface area contributed by atoms with Gasteiger partial charge in [-0.1, -0.05) is 0 Å². The van der Waals surface area contributed by atoms with Crippen molar-refractivity contribution in [3.63, 3.8) is 0 Å². The fourth-order valence-electron chi connectivity index (χ4n) is 0.282. The predicted molar refractivity (Wildman–Crippen MR) is 37.0 cm³/mol. The SMILES string of the molecule is CNC(=O)ON=C(OC)OC. The van der Waals surface area contributed by atoms with E-state index in [9.17, 15) is 4.79 Å². The molecule has 0 saturated heterocycles. The van der Waals surface area contributed by atoms with Gasteiger partial charge in [0.15, 0.2) is 0 Å². The molecule has 0 spiro atoms. The van der Waals surface area contributed by atoms with Gasteiger partial charge < -0.3 is 14.8 Å². The van der Waals surface area contributed by atoms with Gasteiger partial charge in [0.1, 0.15) is 0 Å². The number of carbonyl (C=O) groups excluding carboxylic acids is 1. The van der Waals surface area contributed by atoms with Gasteiger partial charge in [-0.25, -0.2) is 4.79 Å². The van der Waals surface area contributed by atoms with Crippen molar-refractivity contribution < 1.29 is 19.1 Å². The highest BCUT2D eigenvalue weighted by molar-refractivity contribution is 5.70. The van der Waals surface area contributed by atoms with Crippen molar-refractivity contribution in [3.05, 3.63) is 0 Å². The Morgan fingerprint density at radius 1 is 1.36 bits per heavy atom. The van der Waals surface area contributed by atoms with Gasteiger partial charge in [-0.2, -0.15) is 0 Å². The molecule has 0 atom stereocenters. The van der Waals surface area contributed by atoms with Crippen LogP contribution in [0.4, 0.5) is 4.79 Å². The van der Waals surface area contributed by atoms with Gasteiger partial charge in [-0.3, -0.25) is 4.84 Å². The lowest BCUT2D eigenvalue weighted by molar-refractivity contribution is 0.134. The monoisotopic (exact) mass is 162 g/mol. The maximum Gasteiger partial charge on any atom is 0.433 e. The molecule has 1 amide bonds. The lowest BCUT2D eigenvalue weighted by atomic mass is 11.1. The van der Waals surface area contributed by atoms with Crippen LogP contribution in [0.25, 0.3) is 0 Å². The first-order valence-electron chi connectivity index (χ1n) is 2.79. The zero-order valence-electron chi connectivity index (χ0n) is 6.58. The van der Waals surface area contributed by atoms with Crippen LogP contribution in [0.1, 0.15) is 0 Å². The first kappa shape index (κ1) is 9.54. The van der Waals surface area contributed by atoms with Crippen molar-refractivity contribution in [1.29, 1.82) is 0 Å². The van der Waals surface area contributed by atoms with Crippen LogP contribution in [0.15, 0.2) is 5.16 Å². The average Bonchev–Trinajstić information content (AvgIpc) is 2.06. The van der Waals surface area contributed by atoms with Crippen LogP contribution in [-0.4, -0.2) is 33.4 Å². The van der Waals surface area contributed by atoms with Crippen LogP contribution in [0, 0.1) is 0 Å². The molecule has 0 rings (SSSR count). The molecule has 6 heteroatoms. The van der Waals surface area contributed by atoms with Gasteiger partial charge in [-0.05, 0) is 0 Å². The van der Waals surface area contributed by atoms with Crippen LogP contribution in [0.2, 0.25) is 0 Å². The van der Waals surface area contributed by atoms with Gasteiger partial charge >= 0.3 is 12.2 Å². The zero-order chi connectivity index (χ0) is 8.69.